The van der Waals surface area contributed by atoms with Crippen LogP contribution in [0.25, 0.3) is 11.0 Å². The minimum absolute atomic E-state index is 0.107. The molecule has 0 saturated heterocycles. The molecule has 0 spiro atoms. The number of hydrogen-bond acceptors (Lipinski definition) is 4. The molecule has 0 radical (unpaired) electrons. The highest BCUT2D eigenvalue weighted by atomic mass is 32.2. The first-order valence-corrected chi connectivity index (χ1v) is 9.10. The number of H-pyrrole nitrogens is 1. The Labute approximate surface area is 155 Å². The van der Waals surface area contributed by atoms with E-state index in [-0.39, 0.29) is 23.0 Å². The van der Waals surface area contributed by atoms with Crippen LogP contribution in [-0.4, -0.2) is 28.2 Å². The molecule has 1 heterocycles. The van der Waals surface area contributed by atoms with Crippen LogP contribution in [0.4, 0.5) is 4.39 Å². The lowest BCUT2D eigenvalue weighted by atomic mass is 10.1. The van der Waals surface area contributed by atoms with E-state index in [4.69, 9.17) is 4.74 Å². The number of thioether (sulfide) groups is 1. The molecule has 136 valence electrons. The summed E-state index contributed by atoms with van der Waals surface area (Å²) in [5.74, 6) is 0.346. The summed E-state index contributed by atoms with van der Waals surface area (Å²) in [4.78, 5) is 20.1. The van der Waals surface area contributed by atoms with E-state index >= 15 is 0 Å². The van der Waals surface area contributed by atoms with Crippen molar-refractivity contribution in [2.24, 2.45) is 0 Å². The van der Waals surface area contributed by atoms with Gasteiger partial charge >= 0.3 is 0 Å². The van der Waals surface area contributed by atoms with Gasteiger partial charge in [0.2, 0.25) is 5.91 Å². The van der Waals surface area contributed by atoms with E-state index in [9.17, 15) is 9.18 Å². The zero-order valence-corrected chi connectivity index (χ0v) is 15.6. The van der Waals surface area contributed by atoms with E-state index in [1.54, 1.807) is 19.2 Å². The van der Waals surface area contributed by atoms with E-state index < -0.39 is 0 Å². The number of halogens is 1. The number of benzene rings is 2. The third kappa shape index (κ3) is 4.16. The van der Waals surface area contributed by atoms with Crippen molar-refractivity contribution in [1.29, 1.82) is 0 Å². The first kappa shape index (κ1) is 18.3. The topological polar surface area (TPSA) is 67.0 Å². The summed E-state index contributed by atoms with van der Waals surface area (Å²) in [6.45, 7) is 3.70. The predicted molar refractivity (Wildman–Crippen MR) is 101 cm³/mol. The third-order valence-electron chi connectivity index (χ3n) is 4.05. The van der Waals surface area contributed by atoms with Gasteiger partial charge in [-0.15, -0.1) is 0 Å². The highest BCUT2D eigenvalue weighted by Gasteiger charge is 2.19. The monoisotopic (exact) mass is 373 g/mol. The number of imidazole rings is 1. The molecule has 1 aromatic heterocycles. The van der Waals surface area contributed by atoms with Crippen molar-refractivity contribution < 1.29 is 13.9 Å². The second kappa shape index (κ2) is 7.78. The van der Waals surface area contributed by atoms with Crippen molar-refractivity contribution in [3.63, 3.8) is 0 Å². The third-order valence-corrected chi connectivity index (χ3v) is 5.04. The van der Waals surface area contributed by atoms with Crippen LogP contribution in [0.2, 0.25) is 0 Å². The molecule has 0 aliphatic carbocycles. The van der Waals surface area contributed by atoms with E-state index in [0.29, 0.717) is 5.16 Å². The number of amides is 1. The van der Waals surface area contributed by atoms with Crippen LogP contribution in [0.1, 0.15) is 25.5 Å². The number of fused-ring (bicyclic) bond motifs is 1. The summed E-state index contributed by atoms with van der Waals surface area (Å²) >= 11 is 1.35. The SMILES string of the molecule is COc1ccc2nc(S[C@@H](C)C(=O)N[C@H](C)c3ccc(F)cc3)[nH]c2c1. The zero-order valence-electron chi connectivity index (χ0n) is 14.7. The molecule has 0 unspecified atom stereocenters. The zero-order chi connectivity index (χ0) is 18.7. The number of carbonyl (C=O) groups excluding carboxylic acids is 1. The number of rotatable bonds is 6. The van der Waals surface area contributed by atoms with Crippen LogP contribution in [0.3, 0.4) is 0 Å². The van der Waals surface area contributed by atoms with Crippen LogP contribution in [0, 0.1) is 5.82 Å². The Bertz CT molecular complexity index is 911. The highest BCUT2D eigenvalue weighted by Crippen LogP contribution is 2.26. The smallest absolute Gasteiger partial charge is 0.233 e. The Morgan fingerprint density at radius 3 is 2.65 bits per heavy atom. The number of nitrogens with zero attached hydrogens (tertiary/aromatic N) is 1. The van der Waals surface area contributed by atoms with Crippen LogP contribution < -0.4 is 10.1 Å². The summed E-state index contributed by atoms with van der Waals surface area (Å²) < 4.78 is 18.2. The second-order valence-electron chi connectivity index (χ2n) is 5.97. The normalized spacial score (nSPS) is 13.4. The van der Waals surface area contributed by atoms with Gasteiger partial charge in [0.25, 0.3) is 0 Å². The van der Waals surface area contributed by atoms with E-state index in [1.807, 2.05) is 32.0 Å². The summed E-state index contributed by atoms with van der Waals surface area (Å²) in [7, 11) is 1.61. The fraction of sp³-hybridized carbons (Fsp3) is 0.263. The number of ether oxygens (including phenoxy) is 1. The van der Waals surface area contributed by atoms with Gasteiger partial charge in [0.05, 0.1) is 29.4 Å². The maximum Gasteiger partial charge on any atom is 0.233 e. The van der Waals surface area contributed by atoms with Gasteiger partial charge in [0.15, 0.2) is 5.16 Å². The van der Waals surface area contributed by atoms with Gasteiger partial charge in [-0.1, -0.05) is 23.9 Å². The van der Waals surface area contributed by atoms with Gasteiger partial charge in [0, 0.05) is 6.07 Å². The lowest BCUT2D eigenvalue weighted by Gasteiger charge is -2.17. The number of methoxy groups -OCH3 is 1. The molecule has 2 N–H and O–H groups in total. The molecule has 0 bridgehead atoms. The molecule has 0 aliphatic rings. The number of nitrogens with one attached hydrogen (secondary N) is 2. The summed E-state index contributed by atoms with van der Waals surface area (Å²) in [6, 6.07) is 11.5. The Hall–Kier alpha value is -2.54. The number of aromatic amines is 1. The van der Waals surface area contributed by atoms with E-state index in [0.717, 1.165) is 22.3 Å². The molecule has 3 rings (SSSR count). The van der Waals surface area contributed by atoms with Crippen molar-refractivity contribution in [1.82, 2.24) is 15.3 Å². The fourth-order valence-electron chi connectivity index (χ4n) is 2.53. The Morgan fingerprint density at radius 2 is 1.96 bits per heavy atom. The Balaban J connectivity index is 1.64. The van der Waals surface area contributed by atoms with Crippen LogP contribution >= 0.6 is 11.8 Å². The molecule has 3 aromatic rings. The van der Waals surface area contributed by atoms with E-state index in [2.05, 4.69) is 15.3 Å². The summed E-state index contributed by atoms with van der Waals surface area (Å²) in [6.07, 6.45) is 0. The molecule has 0 fully saturated rings. The first-order chi connectivity index (χ1) is 12.5. The quantitative estimate of drug-likeness (QED) is 0.639. The summed E-state index contributed by atoms with van der Waals surface area (Å²) in [5.41, 5.74) is 2.53. The maximum absolute atomic E-state index is 13.0. The van der Waals surface area contributed by atoms with Crippen molar-refractivity contribution in [2.75, 3.05) is 7.11 Å². The number of carbonyl (C=O) groups is 1. The van der Waals surface area contributed by atoms with E-state index in [1.165, 1.54) is 23.9 Å². The molecule has 0 saturated carbocycles. The van der Waals surface area contributed by atoms with Gasteiger partial charge in [-0.3, -0.25) is 4.79 Å². The number of hydrogen-bond donors (Lipinski definition) is 2. The lowest BCUT2D eigenvalue weighted by Crippen LogP contribution is -2.33. The molecule has 2 aromatic carbocycles. The van der Waals surface area contributed by atoms with Gasteiger partial charge in [-0.05, 0) is 43.7 Å². The van der Waals surface area contributed by atoms with Crippen LogP contribution in [0.5, 0.6) is 5.75 Å². The van der Waals surface area contributed by atoms with Gasteiger partial charge in [-0.25, -0.2) is 9.37 Å². The van der Waals surface area contributed by atoms with Crippen molar-refractivity contribution in [3.05, 3.63) is 53.8 Å². The average molecular weight is 373 g/mol. The summed E-state index contributed by atoms with van der Waals surface area (Å²) in [5, 5.41) is 3.28. The molecule has 5 nitrogen and oxygen atoms in total. The first-order valence-electron chi connectivity index (χ1n) is 8.22. The van der Waals surface area contributed by atoms with Crippen LogP contribution in [0.15, 0.2) is 47.6 Å². The van der Waals surface area contributed by atoms with Gasteiger partial charge < -0.3 is 15.0 Å². The highest BCUT2D eigenvalue weighted by molar-refractivity contribution is 8.00. The van der Waals surface area contributed by atoms with Crippen LogP contribution in [-0.2, 0) is 4.79 Å². The number of aromatic nitrogens is 2. The molecule has 1 amide bonds. The van der Waals surface area contributed by atoms with Crippen molar-refractivity contribution in [3.8, 4) is 5.75 Å². The molecular formula is C19H20FN3O2S. The van der Waals surface area contributed by atoms with Crippen molar-refractivity contribution >= 4 is 28.7 Å². The second-order valence-corrected chi connectivity index (χ2v) is 7.30. The largest absolute Gasteiger partial charge is 0.497 e. The fourth-order valence-corrected chi connectivity index (χ4v) is 3.36. The lowest BCUT2D eigenvalue weighted by molar-refractivity contribution is -0.120. The maximum atomic E-state index is 13.0. The van der Waals surface area contributed by atoms with Crippen molar-refractivity contribution in [2.45, 2.75) is 30.3 Å². The average Bonchev–Trinajstić information content (AvgIpc) is 3.03. The molecular weight excluding hydrogens is 353 g/mol. The molecule has 7 heteroatoms. The Kier molecular flexibility index (Phi) is 5.46. The van der Waals surface area contributed by atoms with Gasteiger partial charge in [-0.2, -0.15) is 0 Å². The Morgan fingerprint density at radius 1 is 1.23 bits per heavy atom. The predicted octanol–water partition coefficient (Wildman–Crippen LogP) is 4.07. The molecule has 2 atom stereocenters. The molecule has 26 heavy (non-hydrogen) atoms. The molecule has 0 aliphatic heterocycles. The standard InChI is InChI=1S/C19H20FN3O2S/c1-11(13-4-6-14(20)7-5-13)21-18(24)12(2)26-19-22-16-9-8-15(25-3)10-17(16)23-19/h4-12H,1-3H3,(H,21,24)(H,22,23)/t11-,12+/m1/s1. The minimum atomic E-state index is -0.333. The van der Waals surface area contributed by atoms with Gasteiger partial charge in [0.1, 0.15) is 11.6 Å². The minimum Gasteiger partial charge on any atom is -0.497 e.